The lowest BCUT2D eigenvalue weighted by atomic mass is 9.68. The van der Waals surface area contributed by atoms with E-state index in [-0.39, 0.29) is 17.5 Å². The van der Waals surface area contributed by atoms with Gasteiger partial charge in [-0.1, -0.05) is 47.6 Å². The van der Waals surface area contributed by atoms with Gasteiger partial charge < -0.3 is 4.74 Å². The Morgan fingerprint density at radius 2 is 1.89 bits per heavy atom. The van der Waals surface area contributed by atoms with E-state index in [0.29, 0.717) is 41.7 Å². The van der Waals surface area contributed by atoms with Crippen molar-refractivity contribution in [2.45, 2.75) is 33.1 Å². The summed E-state index contributed by atoms with van der Waals surface area (Å²) in [5, 5.41) is 0. The van der Waals surface area contributed by atoms with E-state index in [4.69, 9.17) is 4.74 Å². The molecule has 0 heterocycles. The standard InChI is InChI=1S/C24H22O4/c1-3-28-20(25)13-15-8-4-5-9-16-14(2)12-19-22(21(15)16)24(27)18-11-7-6-10-17(18)23(19)26/h5-7,9-11,13,21H,3-4,8,12H2,1-2H3/b15-13+/t21-/m0/s1. The molecule has 0 unspecified atom stereocenters. The van der Waals surface area contributed by atoms with Crippen LogP contribution in [0.1, 0.15) is 53.8 Å². The SMILES string of the molecule is CCOC(=O)/C=C1\CCC=CC2=C(C)CC3=C(C(=O)c4ccccc4C3=O)[C@H]21. The minimum absolute atomic E-state index is 0.0766. The molecule has 0 saturated carbocycles. The molecule has 0 fully saturated rings. The molecule has 0 amide bonds. The van der Waals surface area contributed by atoms with Crippen molar-refractivity contribution in [2.24, 2.45) is 5.92 Å². The van der Waals surface area contributed by atoms with E-state index in [1.54, 1.807) is 31.2 Å². The summed E-state index contributed by atoms with van der Waals surface area (Å²) in [7, 11) is 0. The number of carbonyl (C=O) groups excluding carboxylic acids is 3. The van der Waals surface area contributed by atoms with Gasteiger partial charge in [0.15, 0.2) is 11.6 Å². The highest BCUT2D eigenvalue weighted by Gasteiger charge is 2.41. The summed E-state index contributed by atoms with van der Waals surface area (Å²) in [6.07, 6.45) is 7.54. The molecule has 1 aromatic carbocycles. The molecule has 0 aliphatic heterocycles. The van der Waals surface area contributed by atoms with Gasteiger partial charge in [-0.15, -0.1) is 0 Å². The Kier molecular flexibility index (Phi) is 4.71. The molecule has 0 bridgehead atoms. The summed E-state index contributed by atoms with van der Waals surface area (Å²) in [5.41, 5.74) is 4.96. The van der Waals surface area contributed by atoms with Gasteiger partial charge in [-0.2, -0.15) is 0 Å². The normalized spacial score (nSPS) is 22.6. The number of benzene rings is 1. The van der Waals surface area contributed by atoms with Crippen molar-refractivity contribution >= 4 is 17.5 Å². The van der Waals surface area contributed by atoms with E-state index >= 15 is 0 Å². The third kappa shape index (κ3) is 2.89. The lowest BCUT2D eigenvalue weighted by Gasteiger charge is -2.34. The molecule has 142 valence electrons. The number of hydrogen-bond acceptors (Lipinski definition) is 4. The molecule has 4 nitrogen and oxygen atoms in total. The van der Waals surface area contributed by atoms with Gasteiger partial charge in [-0.25, -0.2) is 4.79 Å². The van der Waals surface area contributed by atoms with Crippen molar-refractivity contribution in [3.8, 4) is 0 Å². The Balaban J connectivity index is 1.90. The molecule has 4 rings (SSSR count). The van der Waals surface area contributed by atoms with Gasteiger partial charge >= 0.3 is 5.97 Å². The molecule has 0 N–H and O–H groups in total. The van der Waals surface area contributed by atoms with Gasteiger partial charge in [0.2, 0.25) is 0 Å². The summed E-state index contributed by atoms with van der Waals surface area (Å²) >= 11 is 0. The summed E-state index contributed by atoms with van der Waals surface area (Å²) in [6.45, 7) is 4.07. The fourth-order valence-electron chi connectivity index (χ4n) is 4.42. The number of Topliss-reactive ketones (excluding diaryl/α,β-unsaturated/α-hetero) is 2. The van der Waals surface area contributed by atoms with Crippen LogP contribution in [0.2, 0.25) is 0 Å². The number of ketones is 2. The molecule has 4 heteroatoms. The summed E-state index contributed by atoms with van der Waals surface area (Å²) in [6, 6.07) is 7.00. The third-order valence-electron chi connectivity index (χ3n) is 5.65. The van der Waals surface area contributed by atoms with Crippen LogP contribution in [-0.2, 0) is 9.53 Å². The zero-order valence-electron chi connectivity index (χ0n) is 16.1. The van der Waals surface area contributed by atoms with Gasteiger partial charge in [-0.3, -0.25) is 9.59 Å². The largest absolute Gasteiger partial charge is 0.463 e. The smallest absolute Gasteiger partial charge is 0.330 e. The molecular formula is C24H22O4. The van der Waals surface area contributed by atoms with Crippen LogP contribution in [0, 0.1) is 5.92 Å². The second-order valence-corrected chi connectivity index (χ2v) is 7.35. The minimum atomic E-state index is -0.404. The first kappa shape index (κ1) is 18.4. The van der Waals surface area contributed by atoms with Gasteiger partial charge in [0.1, 0.15) is 0 Å². The number of carbonyl (C=O) groups is 3. The van der Waals surface area contributed by atoms with E-state index < -0.39 is 5.97 Å². The van der Waals surface area contributed by atoms with E-state index in [0.717, 1.165) is 23.1 Å². The zero-order chi connectivity index (χ0) is 19.8. The van der Waals surface area contributed by atoms with Crippen LogP contribution in [0.5, 0.6) is 0 Å². The van der Waals surface area contributed by atoms with E-state index in [9.17, 15) is 14.4 Å². The number of ether oxygens (including phenoxy) is 1. The second-order valence-electron chi connectivity index (χ2n) is 7.35. The van der Waals surface area contributed by atoms with Crippen LogP contribution in [0.4, 0.5) is 0 Å². The number of rotatable bonds is 2. The number of allylic oxidation sites excluding steroid dienone is 7. The van der Waals surface area contributed by atoms with Crippen molar-refractivity contribution in [3.05, 3.63) is 81.5 Å². The van der Waals surface area contributed by atoms with Crippen LogP contribution in [0.15, 0.2) is 70.4 Å². The molecule has 0 radical (unpaired) electrons. The lowest BCUT2D eigenvalue weighted by molar-refractivity contribution is -0.137. The second kappa shape index (κ2) is 7.19. The number of esters is 1. The molecule has 0 saturated heterocycles. The Morgan fingerprint density at radius 3 is 2.61 bits per heavy atom. The fraction of sp³-hybridized carbons (Fsp3) is 0.292. The molecule has 1 atom stereocenters. The maximum Gasteiger partial charge on any atom is 0.330 e. The first-order chi connectivity index (χ1) is 13.5. The van der Waals surface area contributed by atoms with Crippen molar-refractivity contribution in [1.29, 1.82) is 0 Å². The average molecular weight is 374 g/mol. The van der Waals surface area contributed by atoms with Crippen LogP contribution >= 0.6 is 0 Å². The quantitative estimate of drug-likeness (QED) is 0.563. The minimum Gasteiger partial charge on any atom is -0.463 e. The van der Waals surface area contributed by atoms with Crippen LogP contribution < -0.4 is 0 Å². The van der Waals surface area contributed by atoms with E-state index in [2.05, 4.69) is 6.08 Å². The first-order valence-electron chi connectivity index (χ1n) is 9.67. The number of hydrogen-bond donors (Lipinski definition) is 0. The molecule has 3 aliphatic rings. The highest BCUT2D eigenvalue weighted by Crippen LogP contribution is 2.46. The van der Waals surface area contributed by atoms with Gasteiger partial charge in [0.25, 0.3) is 0 Å². The highest BCUT2D eigenvalue weighted by atomic mass is 16.5. The maximum absolute atomic E-state index is 13.4. The predicted molar refractivity (Wildman–Crippen MR) is 106 cm³/mol. The predicted octanol–water partition coefficient (Wildman–Crippen LogP) is 4.54. The summed E-state index contributed by atoms with van der Waals surface area (Å²) in [4.78, 5) is 38.8. The Morgan fingerprint density at radius 1 is 1.18 bits per heavy atom. The number of fused-ring (bicyclic) bond motifs is 3. The molecule has 3 aliphatic carbocycles. The highest BCUT2D eigenvalue weighted by molar-refractivity contribution is 6.27. The molecular weight excluding hydrogens is 352 g/mol. The van der Waals surface area contributed by atoms with E-state index in [1.807, 2.05) is 13.0 Å². The van der Waals surface area contributed by atoms with Gasteiger partial charge in [-0.05, 0) is 38.7 Å². The lowest BCUT2D eigenvalue weighted by Crippen LogP contribution is -2.31. The van der Waals surface area contributed by atoms with E-state index in [1.165, 1.54) is 6.08 Å². The van der Waals surface area contributed by atoms with Crippen LogP contribution in [-0.4, -0.2) is 24.1 Å². The Labute approximate surface area is 164 Å². The van der Waals surface area contributed by atoms with Crippen molar-refractivity contribution in [3.63, 3.8) is 0 Å². The average Bonchev–Trinajstić information content (AvgIpc) is 2.89. The van der Waals surface area contributed by atoms with Crippen LogP contribution in [0.3, 0.4) is 0 Å². The maximum atomic E-state index is 13.4. The Bertz CT molecular complexity index is 1020. The zero-order valence-corrected chi connectivity index (χ0v) is 16.1. The molecule has 0 aromatic heterocycles. The topological polar surface area (TPSA) is 60.4 Å². The first-order valence-corrected chi connectivity index (χ1v) is 9.67. The van der Waals surface area contributed by atoms with Crippen molar-refractivity contribution in [1.82, 2.24) is 0 Å². The van der Waals surface area contributed by atoms with Gasteiger partial charge in [0, 0.05) is 34.3 Å². The molecule has 28 heavy (non-hydrogen) atoms. The summed E-state index contributed by atoms with van der Waals surface area (Å²) < 4.78 is 5.11. The monoisotopic (exact) mass is 374 g/mol. The molecule has 1 aromatic rings. The Hall–Kier alpha value is -3.01. The third-order valence-corrected chi connectivity index (χ3v) is 5.65. The van der Waals surface area contributed by atoms with Crippen molar-refractivity contribution < 1.29 is 19.1 Å². The van der Waals surface area contributed by atoms with Crippen LogP contribution in [0.25, 0.3) is 0 Å². The fourth-order valence-corrected chi connectivity index (χ4v) is 4.42. The van der Waals surface area contributed by atoms with Gasteiger partial charge in [0.05, 0.1) is 6.61 Å². The summed E-state index contributed by atoms with van der Waals surface area (Å²) in [5.74, 6) is -0.951. The molecule has 0 spiro atoms. The van der Waals surface area contributed by atoms with Crippen molar-refractivity contribution in [2.75, 3.05) is 6.61 Å².